The van der Waals surface area contributed by atoms with Crippen molar-refractivity contribution in [3.05, 3.63) is 22.4 Å². The van der Waals surface area contributed by atoms with Crippen LogP contribution in [0, 0.1) is 0 Å². The van der Waals surface area contributed by atoms with Gasteiger partial charge in [0, 0.05) is 16.3 Å². The standard InChI is InChI=1S/C12H21N3S/c1-9(10-6-5-7-16-10)8-14-11(13)15-12(2,3)4/h5-7,9H,8H2,1-4H3,(H3,13,14,15). The third-order valence-corrected chi connectivity index (χ3v) is 3.17. The Balaban J connectivity index is 2.47. The highest BCUT2D eigenvalue weighted by Crippen LogP contribution is 2.20. The Morgan fingerprint density at radius 3 is 2.75 bits per heavy atom. The van der Waals surface area contributed by atoms with Crippen LogP contribution < -0.4 is 11.1 Å². The van der Waals surface area contributed by atoms with Gasteiger partial charge >= 0.3 is 0 Å². The highest BCUT2D eigenvalue weighted by atomic mass is 32.1. The molecule has 3 N–H and O–H groups in total. The predicted molar refractivity (Wildman–Crippen MR) is 72.1 cm³/mol. The van der Waals surface area contributed by atoms with Gasteiger partial charge in [-0.05, 0) is 32.2 Å². The molecule has 16 heavy (non-hydrogen) atoms. The van der Waals surface area contributed by atoms with Gasteiger partial charge in [0.25, 0.3) is 0 Å². The van der Waals surface area contributed by atoms with Crippen molar-refractivity contribution in [3.63, 3.8) is 0 Å². The summed E-state index contributed by atoms with van der Waals surface area (Å²) in [6, 6.07) is 4.20. The minimum absolute atomic E-state index is 0.0280. The molecule has 0 fully saturated rings. The SMILES string of the molecule is CC(CN=C(N)NC(C)(C)C)c1cccs1. The normalized spacial score (nSPS) is 14.9. The Kier molecular flexibility index (Phi) is 4.35. The number of rotatable bonds is 3. The maximum atomic E-state index is 5.80. The second-order valence-electron chi connectivity index (χ2n) is 5.02. The zero-order valence-corrected chi connectivity index (χ0v) is 11.3. The van der Waals surface area contributed by atoms with Gasteiger partial charge in [0.05, 0.1) is 6.54 Å². The molecule has 0 aliphatic heterocycles. The van der Waals surface area contributed by atoms with Crippen LogP contribution in [0.25, 0.3) is 0 Å². The van der Waals surface area contributed by atoms with Crippen LogP contribution in [0.5, 0.6) is 0 Å². The summed E-state index contributed by atoms with van der Waals surface area (Å²) in [5.74, 6) is 0.955. The molecule has 0 saturated heterocycles. The molecule has 1 unspecified atom stereocenters. The number of nitrogens with two attached hydrogens (primary N) is 1. The first-order valence-corrected chi connectivity index (χ1v) is 6.38. The highest BCUT2D eigenvalue weighted by molar-refractivity contribution is 7.10. The first kappa shape index (κ1) is 13.0. The number of nitrogens with one attached hydrogen (secondary N) is 1. The smallest absolute Gasteiger partial charge is 0.189 e. The summed E-state index contributed by atoms with van der Waals surface area (Å²) in [4.78, 5) is 5.71. The molecule has 1 aromatic rings. The maximum Gasteiger partial charge on any atom is 0.189 e. The largest absolute Gasteiger partial charge is 0.370 e. The number of hydrogen-bond donors (Lipinski definition) is 2. The summed E-state index contributed by atoms with van der Waals surface area (Å²) in [7, 11) is 0. The molecular weight excluding hydrogens is 218 g/mol. The lowest BCUT2D eigenvalue weighted by molar-refractivity contribution is 0.508. The molecule has 0 aliphatic rings. The molecule has 3 nitrogen and oxygen atoms in total. The van der Waals surface area contributed by atoms with Gasteiger partial charge in [0.1, 0.15) is 0 Å². The number of guanidine groups is 1. The second kappa shape index (κ2) is 5.34. The minimum Gasteiger partial charge on any atom is -0.370 e. The fourth-order valence-electron chi connectivity index (χ4n) is 1.32. The highest BCUT2D eigenvalue weighted by Gasteiger charge is 2.10. The van der Waals surface area contributed by atoms with Gasteiger partial charge in [0.15, 0.2) is 5.96 Å². The van der Waals surface area contributed by atoms with Crippen LogP contribution in [0.3, 0.4) is 0 Å². The second-order valence-corrected chi connectivity index (χ2v) is 6.00. The maximum absolute atomic E-state index is 5.80. The first-order chi connectivity index (χ1) is 7.38. The van der Waals surface area contributed by atoms with Crippen LogP contribution in [0.4, 0.5) is 0 Å². The topological polar surface area (TPSA) is 50.4 Å². The predicted octanol–water partition coefficient (Wildman–Crippen LogP) is 2.55. The van der Waals surface area contributed by atoms with Gasteiger partial charge in [0.2, 0.25) is 0 Å². The van der Waals surface area contributed by atoms with E-state index in [0.29, 0.717) is 11.9 Å². The Bertz CT molecular complexity index is 336. The van der Waals surface area contributed by atoms with Crippen molar-refractivity contribution in [2.24, 2.45) is 10.7 Å². The van der Waals surface area contributed by atoms with Gasteiger partial charge in [-0.25, -0.2) is 0 Å². The molecule has 1 aromatic heterocycles. The van der Waals surface area contributed by atoms with Gasteiger partial charge in [-0.15, -0.1) is 11.3 Å². The average molecular weight is 239 g/mol. The molecule has 4 heteroatoms. The van der Waals surface area contributed by atoms with Gasteiger partial charge in [-0.1, -0.05) is 13.0 Å². The lowest BCUT2D eigenvalue weighted by Crippen LogP contribution is -2.45. The molecule has 0 aliphatic carbocycles. The molecule has 0 bridgehead atoms. The summed E-state index contributed by atoms with van der Waals surface area (Å²) in [6.45, 7) is 9.10. The van der Waals surface area contributed by atoms with Crippen LogP contribution in [0.2, 0.25) is 0 Å². The van der Waals surface area contributed by atoms with Crippen molar-refractivity contribution in [2.75, 3.05) is 6.54 Å². The van der Waals surface area contributed by atoms with Crippen LogP contribution in [-0.4, -0.2) is 18.0 Å². The molecule has 0 amide bonds. The Hall–Kier alpha value is -1.03. The van der Waals surface area contributed by atoms with Crippen molar-refractivity contribution in [1.82, 2.24) is 5.32 Å². The lowest BCUT2D eigenvalue weighted by Gasteiger charge is -2.21. The molecule has 0 aromatic carbocycles. The third kappa shape index (κ3) is 4.66. The molecule has 0 radical (unpaired) electrons. The van der Waals surface area contributed by atoms with Crippen molar-refractivity contribution >= 4 is 17.3 Å². The molecule has 1 rings (SSSR count). The quantitative estimate of drug-likeness (QED) is 0.629. The molecule has 1 atom stereocenters. The van der Waals surface area contributed by atoms with E-state index in [1.807, 2.05) is 0 Å². The fourth-order valence-corrected chi connectivity index (χ4v) is 2.10. The van der Waals surface area contributed by atoms with E-state index in [9.17, 15) is 0 Å². The molecule has 1 heterocycles. The Labute approximate surface area is 102 Å². The number of hydrogen-bond acceptors (Lipinski definition) is 2. The van der Waals surface area contributed by atoms with Gasteiger partial charge < -0.3 is 11.1 Å². The summed E-state index contributed by atoms with van der Waals surface area (Å²) in [5, 5.41) is 5.24. The van der Waals surface area contributed by atoms with Gasteiger partial charge in [-0.3, -0.25) is 4.99 Å². The lowest BCUT2D eigenvalue weighted by atomic mass is 10.1. The summed E-state index contributed by atoms with van der Waals surface area (Å²) < 4.78 is 0. The van der Waals surface area contributed by atoms with E-state index >= 15 is 0 Å². The summed E-state index contributed by atoms with van der Waals surface area (Å²) in [5.41, 5.74) is 5.78. The van der Waals surface area contributed by atoms with Crippen molar-refractivity contribution in [3.8, 4) is 0 Å². The van der Waals surface area contributed by atoms with Crippen LogP contribution in [0.1, 0.15) is 38.5 Å². The summed E-state index contributed by atoms with van der Waals surface area (Å²) >= 11 is 1.77. The monoisotopic (exact) mass is 239 g/mol. The Morgan fingerprint density at radius 1 is 1.56 bits per heavy atom. The number of aliphatic imine (C=N–C) groups is 1. The van der Waals surface area contributed by atoms with Crippen LogP contribution in [-0.2, 0) is 0 Å². The molecule has 90 valence electrons. The van der Waals surface area contributed by atoms with Crippen molar-refractivity contribution in [2.45, 2.75) is 39.2 Å². The van der Waals surface area contributed by atoms with E-state index in [1.165, 1.54) is 4.88 Å². The zero-order chi connectivity index (χ0) is 12.2. The number of thiophene rings is 1. The minimum atomic E-state index is -0.0280. The van der Waals surface area contributed by atoms with Gasteiger partial charge in [-0.2, -0.15) is 0 Å². The van der Waals surface area contributed by atoms with Crippen molar-refractivity contribution < 1.29 is 0 Å². The average Bonchev–Trinajstić information content (AvgIpc) is 2.64. The van der Waals surface area contributed by atoms with E-state index in [0.717, 1.165) is 6.54 Å². The summed E-state index contributed by atoms with van der Waals surface area (Å²) in [6.07, 6.45) is 0. The van der Waals surface area contributed by atoms with Crippen molar-refractivity contribution in [1.29, 1.82) is 0 Å². The molecular formula is C12H21N3S. The molecule has 0 spiro atoms. The van der Waals surface area contributed by atoms with E-state index in [2.05, 4.69) is 55.5 Å². The van der Waals surface area contributed by atoms with Crippen LogP contribution in [0.15, 0.2) is 22.5 Å². The molecule has 0 saturated carbocycles. The van der Waals surface area contributed by atoms with Crippen LogP contribution >= 0.6 is 11.3 Å². The number of nitrogens with zero attached hydrogens (tertiary/aromatic N) is 1. The fraction of sp³-hybridized carbons (Fsp3) is 0.583. The van der Waals surface area contributed by atoms with E-state index < -0.39 is 0 Å². The van der Waals surface area contributed by atoms with E-state index in [1.54, 1.807) is 11.3 Å². The van der Waals surface area contributed by atoms with E-state index in [-0.39, 0.29) is 5.54 Å². The zero-order valence-electron chi connectivity index (χ0n) is 10.4. The van der Waals surface area contributed by atoms with E-state index in [4.69, 9.17) is 5.73 Å². The Morgan fingerprint density at radius 2 is 2.25 bits per heavy atom. The third-order valence-electron chi connectivity index (χ3n) is 2.07. The first-order valence-electron chi connectivity index (χ1n) is 5.50.